The van der Waals surface area contributed by atoms with Gasteiger partial charge in [-0.25, -0.2) is 0 Å². The number of hydrogen-bond acceptors (Lipinski definition) is 5. The maximum atomic E-state index is 12.1. The number of rotatable bonds is 7. The van der Waals surface area contributed by atoms with Gasteiger partial charge < -0.3 is 10.2 Å². The summed E-state index contributed by atoms with van der Waals surface area (Å²) in [4.78, 5) is 14.2. The van der Waals surface area contributed by atoms with Gasteiger partial charge in [-0.3, -0.25) is 9.36 Å². The Bertz CT molecular complexity index is 846. The fraction of sp³-hybridized carbons (Fsp3) is 0.211. The summed E-state index contributed by atoms with van der Waals surface area (Å²) in [6.45, 7) is 0.512. The first-order chi connectivity index (χ1) is 12.6. The van der Waals surface area contributed by atoms with Crippen molar-refractivity contribution in [1.82, 2.24) is 20.1 Å². The first-order valence-corrected chi connectivity index (χ1v) is 9.23. The lowest BCUT2D eigenvalue weighted by Crippen LogP contribution is -2.24. The third kappa shape index (κ3) is 4.64. The van der Waals surface area contributed by atoms with Gasteiger partial charge in [0.2, 0.25) is 5.91 Å². The van der Waals surface area contributed by atoms with Crippen LogP contribution in [0, 0.1) is 0 Å². The SMILES string of the molecule is CN(C)c1ccc(CNC(=O)CSc2nncn2-c2ccccc2)cc1. The van der Waals surface area contributed by atoms with Gasteiger partial charge in [-0.05, 0) is 29.8 Å². The van der Waals surface area contributed by atoms with Crippen LogP contribution in [0.3, 0.4) is 0 Å². The van der Waals surface area contributed by atoms with Crippen molar-refractivity contribution < 1.29 is 4.79 Å². The summed E-state index contributed by atoms with van der Waals surface area (Å²) in [5.74, 6) is 0.260. The van der Waals surface area contributed by atoms with Gasteiger partial charge in [-0.2, -0.15) is 0 Å². The summed E-state index contributed by atoms with van der Waals surface area (Å²) in [7, 11) is 4.00. The molecule has 26 heavy (non-hydrogen) atoms. The van der Waals surface area contributed by atoms with Crippen LogP contribution in [-0.4, -0.2) is 40.5 Å². The van der Waals surface area contributed by atoms with Crippen molar-refractivity contribution in [1.29, 1.82) is 0 Å². The molecule has 1 N–H and O–H groups in total. The summed E-state index contributed by atoms with van der Waals surface area (Å²) >= 11 is 1.37. The lowest BCUT2D eigenvalue weighted by Gasteiger charge is -2.13. The van der Waals surface area contributed by atoms with Gasteiger partial charge >= 0.3 is 0 Å². The zero-order chi connectivity index (χ0) is 18.4. The molecule has 0 saturated carbocycles. The molecule has 7 heteroatoms. The first kappa shape index (κ1) is 18.0. The summed E-state index contributed by atoms with van der Waals surface area (Å²) in [5.41, 5.74) is 3.18. The molecule has 0 unspecified atom stereocenters. The Hall–Kier alpha value is -2.80. The number of hydrogen-bond donors (Lipinski definition) is 1. The van der Waals surface area contributed by atoms with E-state index in [0.29, 0.717) is 17.5 Å². The van der Waals surface area contributed by atoms with Crippen molar-refractivity contribution in [3.05, 3.63) is 66.5 Å². The zero-order valence-corrected chi connectivity index (χ0v) is 15.6. The molecule has 134 valence electrons. The summed E-state index contributed by atoms with van der Waals surface area (Å²) in [6.07, 6.45) is 1.65. The number of carbonyl (C=O) groups is 1. The van der Waals surface area contributed by atoms with E-state index in [-0.39, 0.29) is 5.91 Å². The molecule has 0 saturated heterocycles. The molecule has 0 bridgehead atoms. The van der Waals surface area contributed by atoms with E-state index in [1.165, 1.54) is 11.8 Å². The Balaban J connectivity index is 1.51. The zero-order valence-electron chi connectivity index (χ0n) is 14.8. The minimum atomic E-state index is -0.0331. The lowest BCUT2D eigenvalue weighted by molar-refractivity contribution is -0.118. The van der Waals surface area contributed by atoms with Crippen LogP contribution < -0.4 is 10.2 Å². The fourth-order valence-electron chi connectivity index (χ4n) is 2.38. The van der Waals surface area contributed by atoms with E-state index < -0.39 is 0 Å². The first-order valence-electron chi connectivity index (χ1n) is 8.24. The monoisotopic (exact) mass is 367 g/mol. The van der Waals surface area contributed by atoms with Gasteiger partial charge in [0.05, 0.1) is 5.75 Å². The number of amides is 1. The van der Waals surface area contributed by atoms with Crippen LogP contribution in [0.25, 0.3) is 5.69 Å². The largest absolute Gasteiger partial charge is 0.378 e. The van der Waals surface area contributed by atoms with Gasteiger partial charge in [0.15, 0.2) is 5.16 Å². The smallest absolute Gasteiger partial charge is 0.230 e. The Morgan fingerprint density at radius 2 is 1.85 bits per heavy atom. The Labute approximate surface area is 157 Å². The summed E-state index contributed by atoms with van der Waals surface area (Å²) in [6, 6.07) is 18.0. The number of benzene rings is 2. The van der Waals surface area contributed by atoms with Crippen molar-refractivity contribution in [3.63, 3.8) is 0 Å². The summed E-state index contributed by atoms with van der Waals surface area (Å²) in [5, 5.41) is 11.7. The highest BCUT2D eigenvalue weighted by molar-refractivity contribution is 7.99. The fourth-order valence-corrected chi connectivity index (χ4v) is 3.14. The number of carbonyl (C=O) groups excluding carboxylic acids is 1. The predicted octanol–water partition coefficient (Wildman–Crippen LogP) is 2.74. The Kier molecular flexibility index (Phi) is 5.91. The average molecular weight is 367 g/mol. The van der Waals surface area contributed by atoms with E-state index in [2.05, 4.69) is 15.5 Å². The molecule has 1 amide bonds. The molecule has 0 aliphatic rings. The third-order valence-corrected chi connectivity index (χ3v) is 4.77. The molecular formula is C19H21N5OS. The van der Waals surface area contributed by atoms with Gasteiger partial charge in [-0.1, -0.05) is 42.1 Å². The van der Waals surface area contributed by atoms with Gasteiger partial charge in [0, 0.05) is 32.0 Å². The lowest BCUT2D eigenvalue weighted by atomic mass is 10.2. The van der Waals surface area contributed by atoms with Crippen LogP contribution >= 0.6 is 11.8 Å². The second-order valence-electron chi connectivity index (χ2n) is 5.95. The molecular weight excluding hydrogens is 346 g/mol. The molecule has 1 heterocycles. The predicted molar refractivity (Wildman–Crippen MR) is 105 cm³/mol. The van der Waals surface area contributed by atoms with Crippen LogP contribution in [0.4, 0.5) is 5.69 Å². The van der Waals surface area contributed by atoms with Gasteiger partial charge in [0.25, 0.3) is 0 Å². The van der Waals surface area contributed by atoms with Crippen molar-refractivity contribution in [2.45, 2.75) is 11.7 Å². The van der Waals surface area contributed by atoms with E-state index in [1.807, 2.05) is 78.2 Å². The van der Waals surface area contributed by atoms with E-state index in [0.717, 1.165) is 16.9 Å². The van der Waals surface area contributed by atoms with Crippen molar-refractivity contribution in [3.8, 4) is 5.69 Å². The topological polar surface area (TPSA) is 63.1 Å². The number of aromatic nitrogens is 3. The van der Waals surface area contributed by atoms with E-state index in [1.54, 1.807) is 6.33 Å². The Morgan fingerprint density at radius 1 is 1.12 bits per heavy atom. The molecule has 0 aliphatic heterocycles. The minimum absolute atomic E-state index is 0.0331. The highest BCUT2D eigenvalue weighted by Crippen LogP contribution is 2.19. The average Bonchev–Trinajstić information content (AvgIpc) is 3.14. The minimum Gasteiger partial charge on any atom is -0.378 e. The molecule has 6 nitrogen and oxygen atoms in total. The normalized spacial score (nSPS) is 10.5. The summed E-state index contributed by atoms with van der Waals surface area (Å²) < 4.78 is 1.87. The van der Waals surface area contributed by atoms with Gasteiger partial charge in [-0.15, -0.1) is 10.2 Å². The van der Waals surface area contributed by atoms with Crippen molar-refractivity contribution in [2.24, 2.45) is 0 Å². The number of nitrogens with one attached hydrogen (secondary N) is 1. The molecule has 2 aromatic carbocycles. The quantitative estimate of drug-likeness (QED) is 0.651. The molecule has 0 atom stereocenters. The molecule has 0 spiro atoms. The molecule has 0 fully saturated rings. The van der Waals surface area contributed by atoms with E-state index in [9.17, 15) is 4.79 Å². The molecule has 1 aromatic heterocycles. The Morgan fingerprint density at radius 3 is 2.54 bits per heavy atom. The third-order valence-electron chi connectivity index (χ3n) is 3.83. The molecule has 0 aliphatic carbocycles. The number of para-hydroxylation sites is 1. The van der Waals surface area contributed by atoms with Crippen LogP contribution in [0.2, 0.25) is 0 Å². The highest BCUT2D eigenvalue weighted by Gasteiger charge is 2.10. The van der Waals surface area contributed by atoms with Crippen molar-refractivity contribution >= 4 is 23.4 Å². The van der Waals surface area contributed by atoms with Crippen LogP contribution in [0.15, 0.2) is 66.1 Å². The van der Waals surface area contributed by atoms with Crippen molar-refractivity contribution in [2.75, 3.05) is 24.7 Å². The maximum absolute atomic E-state index is 12.1. The number of nitrogens with zero attached hydrogens (tertiary/aromatic N) is 4. The molecule has 3 aromatic rings. The van der Waals surface area contributed by atoms with E-state index >= 15 is 0 Å². The molecule has 3 rings (SSSR count). The standard InChI is InChI=1S/C19H21N5OS/c1-23(2)16-10-8-15(9-11-16)12-20-18(25)13-26-19-22-21-14-24(19)17-6-4-3-5-7-17/h3-11,14H,12-13H2,1-2H3,(H,20,25). The second kappa shape index (κ2) is 8.53. The number of thioether (sulfide) groups is 1. The maximum Gasteiger partial charge on any atom is 0.230 e. The second-order valence-corrected chi connectivity index (χ2v) is 6.89. The van der Waals surface area contributed by atoms with Crippen LogP contribution in [0.5, 0.6) is 0 Å². The van der Waals surface area contributed by atoms with Gasteiger partial charge in [0.1, 0.15) is 6.33 Å². The van der Waals surface area contributed by atoms with Crippen LogP contribution in [0.1, 0.15) is 5.56 Å². The van der Waals surface area contributed by atoms with E-state index in [4.69, 9.17) is 0 Å². The molecule has 0 radical (unpaired) electrons. The number of anilines is 1. The van der Waals surface area contributed by atoms with Crippen LogP contribution in [-0.2, 0) is 11.3 Å². The highest BCUT2D eigenvalue weighted by atomic mass is 32.2.